The minimum absolute atomic E-state index is 0.142. The van der Waals surface area contributed by atoms with E-state index in [1.165, 1.54) is 12.0 Å². The molecule has 38 heavy (non-hydrogen) atoms. The van der Waals surface area contributed by atoms with Gasteiger partial charge in [0.2, 0.25) is 0 Å². The molecule has 0 aromatic heterocycles. The van der Waals surface area contributed by atoms with E-state index in [1.54, 1.807) is 32.7 Å². The minimum Gasteiger partial charge on any atom is -0.453 e. The van der Waals surface area contributed by atoms with E-state index in [1.807, 2.05) is 45.0 Å². The third-order valence-electron chi connectivity index (χ3n) is 7.29. The Bertz CT molecular complexity index is 1100. The third-order valence-corrected chi connectivity index (χ3v) is 7.29. The van der Waals surface area contributed by atoms with Gasteiger partial charge in [0, 0.05) is 31.1 Å². The number of aryl methyl sites for hydroxylation is 1. The molecule has 2 fully saturated rings. The minimum atomic E-state index is -1.10. The molecule has 0 radical (unpaired) electrons. The number of hydrogen-bond acceptors (Lipinski definition) is 6. The molecule has 1 aromatic carbocycles. The summed E-state index contributed by atoms with van der Waals surface area (Å²) in [5.41, 5.74) is 0.112. The Kier molecular flexibility index (Phi) is 9.01. The molecule has 1 heterocycles. The van der Waals surface area contributed by atoms with Crippen LogP contribution in [0.1, 0.15) is 71.4 Å². The zero-order chi connectivity index (χ0) is 28.3. The molecule has 1 aromatic rings. The van der Waals surface area contributed by atoms with Gasteiger partial charge in [-0.1, -0.05) is 31.9 Å². The summed E-state index contributed by atoms with van der Waals surface area (Å²) in [6.45, 7) is 11.6. The first-order valence-electron chi connectivity index (χ1n) is 13.4. The van der Waals surface area contributed by atoms with Crippen LogP contribution in [0, 0.1) is 30.6 Å². The van der Waals surface area contributed by atoms with Crippen molar-refractivity contribution < 1.29 is 28.6 Å². The van der Waals surface area contributed by atoms with E-state index in [-0.39, 0.29) is 24.0 Å². The lowest BCUT2D eigenvalue weighted by Gasteiger charge is -2.43. The van der Waals surface area contributed by atoms with Gasteiger partial charge in [-0.3, -0.25) is 4.90 Å². The molecule has 1 aliphatic carbocycles. The first-order valence-corrected chi connectivity index (χ1v) is 13.4. The number of nitrogens with zero attached hydrogens (tertiary/aromatic N) is 2. The summed E-state index contributed by atoms with van der Waals surface area (Å²) in [7, 11) is 2.94. The summed E-state index contributed by atoms with van der Waals surface area (Å²) >= 11 is 0. The molecule has 8 nitrogen and oxygen atoms in total. The smallest absolute Gasteiger partial charge is 0.410 e. The van der Waals surface area contributed by atoms with Crippen LogP contribution in [0.15, 0.2) is 24.3 Å². The normalized spacial score (nSPS) is 23.6. The lowest BCUT2D eigenvalue weighted by Crippen LogP contribution is -2.55. The number of fused-ring (bicyclic) bond motifs is 1. The lowest BCUT2D eigenvalue weighted by atomic mass is 9.72. The quantitative estimate of drug-likeness (QED) is 0.306. The Balaban J connectivity index is 1.99. The maximum Gasteiger partial charge on any atom is 0.410 e. The molecule has 2 aliphatic rings. The summed E-state index contributed by atoms with van der Waals surface area (Å²) in [6, 6.07) is 6.87. The fourth-order valence-electron chi connectivity index (χ4n) is 5.63. The number of carbonyl (C=O) groups is 3. The SMILES string of the molecule is COC(=O)N1CC[C@@H]2[C@H]1CCC[C@]2(C#Cc1cccc(C)c1)OC(=O)[C@H](C(C)C)N(C)C(=O)OC(C)(C)C. The second kappa shape index (κ2) is 11.7. The molecule has 0 N–H and O–H groups in total. The van der Waals surface area contributed by atoms with Crippen molar-refractivity contribution in [1.29, 1.82) is 0 Å². The number of hydrogen-bond donors (Lipinski definition) is 0. The molecule has 1 saturated carbocycles. The van der Waals surface area contributed by atoms with Gasteiger partial charge < -0.3 is 19.1 Å². The van der Waals surface area contributed by atoms with Gasteiger partial charge in [0.05, 0.1) is 7.11 Å². The van der Waals surface area contributed by atoms with Crippen molar-refractivity contribution in [2.24, 2.45) is 11.8 Å². The van der Waals surface area contributed by atoms with E-state index in [0.717, 1.165) is 24.0 Å². The van der Waals surface area contributed by atoms with Gasteiger partial charge in [-0.15, -0.1) is 0 Å². The van der Waals surface area contributed by atoms with Crippen LogP contribution in [-0.2, 0) is 19.0 Å². The Morgan fingerprint density at radius 3 is 2.50 bits per heavy atom. The largest absolute Gasteiger partial charge is 0.453 e. The fourth-order valence-corrected chi connectivity index (χ4v) is 5.63. The molecule has 1 aliphatic heterocycles. The van der Waals surface area contributed by atoms with Gasteiger partial charge >= 0.3 is 18.2 Å². The number of benzene rings is 1. The summed E-state index contributed by atoms with van der Waals surface area (Å²) in [5, 5.41) is 0. The van der Waals surface area contributed by atoms with Gasteiger partial charge in [0.1, 0.15) is 11.6 Å². The maximum absolute atomic E-state index is 13.9. The topological polar surface area (TPSA) is 85.4 Å². The zero-order valence-corrected chi connectivity index (χ0v) is 24.0. The molecule has 2 amide bonds. The fraction of sp³-hybridized carbons (Fsp3) is 0.633. The highest BCUT2D eigenvalue weighted by Crippen LogP contribution is 2.45. The van der Waals surface area contributed by atoms with Gasteiger partial charge in [-0.25, -0.2) is 14.4 Å². The molecule has 8 heteroatoms. The standard InChI is InChI=1S/C30H42N2O6/c1-20(2)25(31(7)27(34)38-29(4,5)6)26(33)37-30(17-14-22-12-9-11-21(3)19-22)16-10-13-24-23(30)15-18-32(24)28(35)36-8/h9,11-12,19-20,23-25H,10,13,15-16,18H2,1-8H3/t23-,24-,25+,30-/m1/s1. The predicted molar refractivity (Wildman–Crippen MR) is 144 cm³/mol. The highest BCUT2D eigenvalue weighted by atomic mass is 16.6. The second-order valence-corrected chi connectivity index (χ2v) is 11.7. The van der Waals surface area contributed by atoms with Crippen molar-refractivity contribution in [2.45, 2.75) is 90.5 Å². The summed E-state index contributed by atoms with van der Waals surface area (Å²) in [6.07, 6.45) is 1.75. The third kappa shape index (κ3) is 6.61. The maximum atomic E-state index is 13.9. The van der Waals surface area contributed by atoms with Crippen LogP contribution in [0.5, 0.6) is 0 Å². The monoisotopic (exact) mass is 526 g/mol. The summed E-state index contributed by atoms with van der Waals surface area (Å²) in [4.78, 5) is 42.3. The van der Waals surface area contributed by atoms with E-state index in [0.29, 0.717) is 19.4 Å². The number of ether oxygens (including phenoxy) is 3. The molecule has 4 atom stereocenters. The lowest BCUT2D eigenvalue weighted by molar-refractivity contribution is -0.170. The number of carbonyl (C=O) groups excluding carboxylic acids is 3. The average Bonchev–Trinajstić information content (AvgIpc) is 3.27. The van der Waals surface area contributed by atoms with Crippen molar-refractivity contribution in [2.75, 3.05) is 20.7 Å². The molecule has 0 spiro atoms. The Morgan fingerprint density at radius 2 is 1.89 bits per heavy atom. The van der Waals surface area contributed by atoms with Gasteiger partial charge in [-0.05, 0) is 82.9 Å². The van der Waals surface area contributed by atoms with Crippen molar-refractivity contribution >= 4 is 18.2 Å². The van der Waals surface area contributed by atoms with Crippen LogP contribution in [0.2, 0.25) is 0 Å². The second-order valence-electron chi connectivity index (χ2n) is 11.7. The Labute approximate surface area is 227 Å². The van der Waals surface area contributed by atoms with E-state index < -0.39 is 29.3 Å². The highest BCUT2D eigenvalue weighted by molar-refractivity contribution is 5.82. The predicted octanol–water partition coefficient (Wildman–Crippen LogP) is 5.16. The van der Waals surface area contributed by atoms with Crippen molar-refractivity contribution in [3.8, 4) is 11.8 Å². The number of likely N-dealkylation sites (N-methyl/N-ethyl adjacent to an activating group) is 1. The molecule has 0 bridgehead atoms. The molecular formula is C30H42N2O6. The van der Waals surface area contributed by atoms with Crippen LogP contribution < -0.4 is 0 Å². The molecule has 0 unspecified atom stereocenters. The first-order chi connectivity index (χ1) is 17.8. The summed E-state index contributed by atoms with van der Waals surface area (Å²) < 4.78 is 16.9. The van der Waals surface area contributed by atoms with Gasteiger partial charge in [-0.2, -0.15) is 0 Å². The molecule has 1 saturated heterocycles. The molecule has 3 rings (SSSR count). The number of amides is 2. The van der Waals surface area contributed by atoms with Crippen LogP contribution >= 0.6 is 0 Å². The van der Waals surface area contributed by atoms with Crippen LogP contribution in [0.3, 0.4) is 0 Å². The van der Waals surface area contributed by atoms with Crippen molar-refractivity contribution in [3.05, 3.63) is 35.4 Å². The number of rotatable bonds is 4. The highest BCUT2D eigenvalue weighted by Gasteiger charge is 2.54. The summed E-state index contributed by atoms with van der Waals surface area (Å²) in [5.74, 6) is 5.69. The Hall–Kier alpha value is -3.21. The van der Waals surface area contributed by atoms with E-state index >= 15 is 0 Å². The van der Waals surface area contributed by atoms with E-state index in [2.05, 4.69) is 11.8 Å². The average molecular weight is 527 g/mol. The van der Waals surface area contributed by atoms with Crippen LogP contribution in [0.25, 0.3) is 0 Å². The number of methoxy groups -OCH3 is 1. The van der Waals surface area contributed by atoms with Gasteiger partial charge in [0.15, 0.2) is 5.60 Å². The first kappa shape index (κ1) is 29.3. The van der Waals surface area contributed by atoms with Gasteiger partial charge in [0.25, 0.3) is 0 Å². The molecule has 208 valence electrons. The van der Waals surface area contributed by atoms with Crippen molar-refractivity contribution in [3.63, 3.8) is 0 Å². The van der Waals surface area contributed by atoms with E-state index in [9.17, 15) is 14.4 Å². The van der Waals surface area contributed by atoms with Crippen LogP contribution in [-0.4, -0.2) is 71.9 Å². The number of likely N-dealkylation sites (tertiary alicyclic amines) is 1. The van der Waals surface area contributed by atoms with Crippen molar-refractivity contribution in [1.82, 2.24) is 9.80 Å². The zero-order valence-electron chi connectivity index (χ0n) is 24.0. The molecular weight excluding hydrogens is 484 g/mol. The Morgan fingerprint density at radius 1 is 1.18 bits per heavy atom. The number of esters is 1. The van der Waals surface area contributed by atoms with Crippen LogP contribution in [0.4, 0.5) is 9.59 Å². The van der Waals surface area contributed by atoms with E-state index in [4.69, 9.17) is 14.2 Å².